The van der Waals surface area contributed by atoms with Crippen LogP contribution in [-0.4, -0.2) is 6.04 Å². The molecule has 0 heterocycles. The van der Waals surface area contributed by atoms with Crippen LogP contribution in [0.3, 0.4) is 0 Å². The molecule has 0 saturated heterocycles. The van der Waals surface area contributed by atoms with Crippen LogP contribution in [0.25, 0.3) is 0 Å². The third-order valence-corrected chi connectivity index (χ3v) is 3.83. The van der Waals surface area contributed by atoms with Crippen LogP contribution in [0, 0.1) is 11.7 Å². The van der Waals surface area contributed by atoms with E-state index >= 15 is 0 Å². The molecule has 0 aliphatic heterocycles. The zero-order valence-electron chi connectivity index (χ0n) is 10.8. The first-order valence-electron chi connectivity index (χ1n) is 6.26. The summed E-state index contributed by atoms with van der Waals surface area (Å²) in [7, 11) is 0. The second-order valence-electron chi connectivity index (χ2n) is 4.46. The molecule has 1 unspecified atom stereocenters. The number of hydrogen-bond acceptors (Lipinski definition) is 1. The van der Waals surface area contributed by atoms with E-state index in [1.165, 1.54) is 6.07 Å². The van der Waals surface area contributed by atoms with Gasteiger partial charge in [-0.25, -0.2) is 4.39 Å². The van der Waals surface area contributed by atoms with Gasteiger partial charge >= 0.3 is 0 Å². The summed E-state index contributed by atoms with van der Waals surface area (Å²) < 4.78 is 13.2. The molecule has 1 N–H and O–H groups in total. The molecule has 17 heavy (non-hydrogen) atoms. The van der Waals surface area contributed by atoms with E-state index in [2.05, 4.69) is 26.1 Å². The van der Waals surface area contributed by atoms with Crippen LogP contribution < -0.4 is 5.32 Å². The Morgan fingerprint density at radius 1 is 1.29 bits per heavy atom. The Morgan fingerprint density at radius 3 is 2.53 bits per heavy atom. The lowest BCUT2D eigenvalue weighted by molar-refractivity contribution is 0.353. The Kier molecular flexibility index (Phi) is 5.93. The van der Waals surface area contributed by atoms with Crippen molar-refractivity contribution in [2.75, 3.05) is 0 Å². The van der Waals surface area contributed by atoms with Gasteiger partial charge < -0.3 is 5.32 Å². The molecule has 0 radical (unpaired) electrons. The number of nitrogens with one attached hydrogen (secondary N) is 1. The fourth-order valence-corrected chi connectivity index (χ4v) is 2.31. The van der Waals surface area contributed by atoms with Crippen molar-refractivity contribution in [1.82, 2.24) is 5.32 Å². The molecule has 0 bridgehead atoms. The normalized spacial score (nSPS) is 13.1. The molecule has 0 aliphatic rings. The van der Waals surface area contributed by atoms with Gasteiger partial charge in [-0.05, 0) is 24.5 Å². The lowest BCUT2D eigenvalue weighted by Crippen LogP contribution is -2.32. The summed E-state index contributed by atoms with van der Waals surface area (Å²) in [6.45, 7) is 7.18. The van der Waals surface area contributed by atoms with Crippen molar-refractivity contribution >= 4 is 11.6 Å². The Balaban J connectivity index is 2.58. The molecule has 0 spiro atoms. The van der Waals surface area contributed by atoms with E-state index in [0.717, 1.165) is 18.4 Å². The maximum Gasteiger partial charge on any atom is 0.142 e. The Morgan fingerprint density at radius 2 is 1.94 bits per heavy atom. The maximum atomic E-state index is 13.2. The Hall–Kier alpha value is -0.600. The van der Waals surface area contributed by atoms with Gasteiger partial charge in [0.1, 0.15) is 5.82 Å². The summed E-state index contributed by atoms with van der Waals surface area (Å²) in [4.78, 5) is 0. The number of hydrogen-bond donors (Lipinski definition) is 1. The van der Waals surface area contributed by atoms with Crippen LogP contribution in [0.2, 0.25) is 5.02 Å². The van der Waals surface area contributed by atoms with Crippen molar-refractivity contribution < 1.29 is 4.39 Å². The van der Waals surface area contributed by atoms with Crippen LogP contribution >= 0.6 is 11.6 Å². The van der Waals surface area contributed by atoms with Gasteiger partial charge in [0, 0.05) is 12.6 Å². The molecule has 3 heteroatoms. The molecule has 1 aromatic rings. The van der Waals surface area contributed by atoms with E-state index in [1.807, 2.05) is 6.07 Å². The highest BCUT2D eigenvalue weighted by Crippen LogP contribution is 2.20. The number of halogens is 2. The molecule has 0 fully saturated rings. The van der Waals surface area contributed by atoms with Gasteiger partial charge in [0.2, 0.25) is 0 Å². The Bertz CT molecular complexity index is 350. The van der Waals surface area contributed by atoms with Crippen molar-refractivity contribution in [1.29, 1.82) is 0 Å². The molecular weight excluding hydrogens is 237 g/mol. The lowest BCUT2D eigenvalue weighted by Gasteiger charge is -2.22. The quantitative estimate of drug-likeness (QED) is 0.797. The third kappa shape index (κ3) is 3.97. The second kappa shape index (κ2) is 6.97. The van der Waals surface area contributed by atoms with Crippen molar-refractivity contribution in [3.8, 4) is 0 Å². The van der Waals surface area contributed by atoms with Crippen molar-refractivity contribution in [3.63, 3.8) is 0 Å². The molecule has 1 rings (SSSR count). The number of rotatable bonds is 6. The van der Waals surface area contributed by atoms with E-state index in [-0.39, 0.29) is 10.8 Å². The second-order valence-corrected chi connectivity index (χ2v) is 4.84. The van der Waals surface area contributed by atoms with Gasteiger partial charge in [0.25, 0.3) is 0 Å². The fourth-order valence-electron chi connectivity index (χ4n) is 2.12. The van der Waals surface area contributed by atoms with Crippen LogP contribution in [-0.2, 0) is 6.54 Å². The molecule has 1 atom stereocenters. The zero-order valence-corrected chi connectivity index (χ0v) is 11.5. The molecular formula is C14H21ClFN. The van der Waals surface area contributed by atoms with Gasteiger partial charge in [-0.3, -0.25) is 0 Å². The van der Waals surface area contributed by atoms with E-state index < -0.39 is 0 Å². The summed E-state index contributed by atoms with van der Waals surface area (Å²) in [5, 5.41) is 3.65. The van der Waals surface area contributed by atoms with E-state index in [1.54, 1.807) is 6.07 Å². The fraction of sp³-hybridized carbons (Fsp3) is 0.571. The van der Waals surface area contributed by atoms with Gasteiger partial charge in [-0.15, -0.1) is 0 Å². The summed E-state index contributed by atoms with van der Waals surface area (Å²) in [5.41, 5.74) is 0.824. The highest BCUT2D eigenvalue weighted by Gasteiger charge is 2.13. The van der Waals surface area contributed by atoms with Gasteiger partial charge in [-0.1, -0.05) is 50.4 Å². The Labute approximate surface area is 108 Å². The van der Waals surface area contributed by atoms with E-state index in [0.29, 0.717) is 18.5 Å². The molecule has 0 saturated carbocycles. The lowest BCUT2D eigenvalue weighted by atomic mass is 9.95. The molecule has 1 aromatic carbocycles. The topological polar surface area (TPSA) is 12.0 Å². The van der Waals surface area contributed by atoms with Crippen molar-refractivity contribution in [3.05, 3.63) is 34.6 Å². The van der Waals surface area contributed by atoms with Crippen LogP contribution in [0.1, 0.15) is 39.2 Å². The highest BCUT2D eigenvalue weighted by atomic mass is 35.5. The first-order chi connectivity index (χ1) is 8.10. The smallest absolute Gasteiger partial charge is 0.142 e. The van der Waals surface area contributed by atoms with Crippen LogP contribution in [0.5, 0.6) is 0 Å². The minimum atomic E-state index is -0.346. The standard InChI is InChI=1S/C14H21ClFN/c1-4-11(5-2)10(3)17-9-12-7-6-8-13(16)14(12)15/h6-8,10-11,17H,4-5,9H2,1-3H3. The average Bonchev–Trinajstić information content (AvgIpc) is 2.32. The minimum absolute atomic E-state index is 0.233. The number of benzene rings is 1. The predicted octanol–water partition coefficient (Wildman–Crippen LogP) is 4.39. The SMILES string of the molecule is CCC(CC)C(C)NCc1cccc(F)c1Cl. The van der Waals surface area contributed by atoms with Crippen molar-refractivity contribution in [2.24, 2.45) is 5.92 Å². The maximum absolute atomic E-state index is 13.2. The van der Waals surface area contributed by atoms with E-state index in [9.17, 15) is 4.39 Å². The van der Waals surface area contributed by atoms with Gasteiger partial charge in [0.15, 0.2) is 0 Å². The minimum Gasteiger partial charge on any atom is -0.310 e. The van der Waals surface area contributed by atoms with Crippen molar-refractivity contribution in [2.45, 2.75) is 46.2 Å². The molecule has 0 aromatic heterocycles. The highest BCUT2D eigenvalue weighted by molar-refractivity contribution is 6.31. The first-order valence-corrected chi connectivity index (χ1v) is 6.64. The zero-order chi connectivity index (χ0) is 12.8. The van der Waals surface area contributed by atoms with Gasteiger partial charge in [-0.2, -0.15) is 0 Å². The summed E-state index contributed by atoms with van der Waals surface area (Å²) in [6, 6.07) is 5.36. The van der Waals surface area contributed by atoms with Crippen LogP contribution in [0.4, 0.5) is 4.39 Å². The summed E-state index contributed by atoms with van der Waals surface area (Å²) in [6.07, 6.45) is 2.31. The third-order valence-electron chi connectivity index (χ3n) is 3.40. The van der Waals surface area contributed by atoms with Gasteiger partial charge in [0.05, 0.1) is 5.02 Å². The van der Waals surface area contributed by atoms with E-state index in [4.69, 9.17) is 11.6 Å². The first kappa shape index (κ1) is 14.5. The predicted molar refractivity (Wildman–Crippen MR) is 71.8 cm³/mol. The average molecular weight is 258 g/mol. The molecule has 1 nitrogen and oxygen atoms in total. The molecule has 96 valence electrons. The monoisotopic (exact) mass is 257 g/mol. The van der Waals surface area contributed by atoms with Crippen LogP contribution in [0.15, 0.2) is 18.2 Å². The largest absolute Gasteiger partial charge is 0.310 e. The molecule has 0 amide bonds. The molecule has 0 aliphatic carbocycles. The summed E-state index contributed by atoms with van der Waals surface area (Å²) in [5.74, 6) is 0.309. The summed E-state index contributed by atoms with van der Waals surface area (Å²) >= 11 is 5.91.